The van der Waals surface area contributed by atoms with Gasteiger partial charge in [0, 0.05) is 25.3 Å². The minimum atomic E-state index is -0.312. The van der Waals surface area contributed by atoms with E-state index in [0.29, 0.717) is 13.0 Å². The summed E-state index contributed by atoms with van der Waals surface area (Å²) in [5.74, 6) is 0. The van der Waals surface area contributed by atoms with Crippen molar-refractivity contribution in [3.8, 4) is 0 Å². The lowest BCUT2D eigenvalue weighted by molar-refractivity contribution is 0.275. The van der Waals surface area contributed by atoms with Crippen LogP contribution >= 0.6 is 0 Å². The van der Waals surface area contributed by atoms with E-state index in [9.17, 15) is 9.59 Å². The van der Waals surface area contributed by atoms with Gasteiger partial charge in [0.2, 0.25) is 0 Å². The van der Waals surface area contributed by atoms with E-state index in [4.69, 9.17) is 5.11 Å². The summed E-state index contributed by atoms with van der Waals surface area (Å²) in [4.78, 5) is 21.7. The molecule has 1 aromatic rings. The minimum Gasteiger partial charge on any atom is -0.396 e. The number of aromatic nitrogens is 2. The quantitative estimate of drug-likeness (QED) is 0.605. The zero-order valence-corrected chi connectivity index (χ0v) is 6.49. The molecule has 0 aromatic carbocycles. The lowest BCUT2D eigenvalue weighted by Gasteiger charge is -2.01. The molecule has 0 atom stereocenters. The molecule has 0 fully saturated rings. The molecule has 1 rings (SSSR count). The van der Waals surface area contributed by atoms with Crippen molar-refractivity contribution in [2.45, 2.75) is 13.0 Å². The summed E-state index contributed by atoms with van der Waals surface area (Å²) < 4.78 is 1.18. The smallest absolute Gasteiger partial charge is 0.265 e. The molecule has 1 aromatic heterocycles. The fourth-order valence-electron chi connectivity index (χ4n) is 0.857. The molecule has 0 aliphatic heterocycles. The predicted molar refractivity (Wildman–Crippen MR) is 43.0 cm³/mol. The van der Waals surface area contributed by atoms with Crippen LogP contribution in [0, 0.1) is 0 Å². The fourth-order valence-corrected chi connectivity index (χ4v) is 0.857. The summed E-state index contributed by atoms with van der Waals surface area (Å²) in [5, 5.41) is 10.8. The van der Waals surface area contributed by atoms with Gasteiger partial charge < -0.3 is 5.11 Å². The Bertz CT molecular complexity index is 352. The SMILES string of the molecule is O=c1ccc(=O)n(CCCO)[nH]1. The van der Waals surface area contributed by atoms with Gasteiger partial charge in [0.1, 0.15) is 0 Å². The summed E-state index contributed by atoms with van der Waals surface area (Å²) in [6.07, 6.45) is 0.458. The number of rotatable bonds is 3. The van der Waals surface area contributed by atoms with E-state index in [-0.39, 0.29) is 17.7 Å². The monoisotopic (exact) mass is 170 g/mol. The van der Waals surface area contributed by atoms with Crippen LogP contribution in [0.5, 0.6) is 0 Å². The molecule has 0 amide bonds. The van der Waals surface area contributed by atoms with Crippen LogP contribution < -0.4 is 11.1 Å². The summed E-state index contributed by atoms with van der Waals surface area (Å²) in [5.41, 5.74) is -0.574. The second-order valence-electron chi connectivity index (χ2n) is 2.38. The second kappa shape index (κ2) is 3.87. The zero-order chi connectivity index (χ0) is 8.97. The van der Waals surface area contributed by atoms with Gasteiger partial charge in [0.15, 0.2) is 0 Å². The number of aliphatic hydroxyl groups excluding tert-OH is 1. The maximum atomic E-state index is 11.0. The number of hydrogen-bond acceptors (Lipinski definition) is 3. The minimum absolute atomic E-state index is 0.00334. The Labute approximate surface area is 68.3 Å². The van der Waals surface area contributed by atoms with Crippen molar-refractivity contribution in [2.24, 2.45) is 0 Å². The van der Waals surface area contributed by atoms with Gasteiger partial charge in [-0.3, -0.25) is 19.4 Å². The van der Waals surface area contributed by atoms with Gasteiger partial charge in [0.05, 0.1) is 0 Å². The zero-order valence-electron chi connectivity index (χ0n) is 6.49. The number of aliphatic hydroxyl groups is 1. The molecule has 12 heavy (non-hydrogen) atoms. The van der Waals surface area contributed by atoms with E-state index in [1.807, 2.05) is 0 Å². The summed E-state index contributed by atoms with van der Waals surface area (Å²) in [6, 6.07) is 2.38. The van der Waals surface area contributed by atoms with E-state index in [1.54, 1.807) is 0 Å². The standard InChI is InChI=1S/C7H10N2O3/c10-5-1-4-9-7(12)3-2-6(11)8-9/h2-3,10H,1,4-5H2,(H,8,11). The van der Waals surface area contributed by atoms with Crippen molar-refractivity contribution in [3.63, 3.8) is 0 Å². The average Bonchev–Trinajstić information content (AvgIpc) is 2.07. The highest BCUT2D eigenvalue weighted by atomic mass is 16.3. The molecule has 66 valence electrons. The Morgan fingerprint density at radius 3 is 2.83 bits per heavy atom. The average molecular weight is 170 g/mol. The second-order valence-corrected chi connectivity index (χ2v) is 2.38. The molecule has 0 aliphatic carbocycles. The molecular formula is C7H10N2O3. The largest absolute Gasteiger partial charge is 0.396 e. The normalized spacial score (nSPS) is 10.1. The highest BCUT2D eigenvalue weighted by Crippen LogP contribution is 1.78. The van der Waals surface area contributed by atoms with Crippen molar-refractivity contribution in [1.82, 2.24) is 9.78 Å². The third-order valence-corrected chi connectivity index (χ3v) is 1.43. The van der Waals surface area contributed by atoms with Crippen molar-refractivity contribution >= 4 is 0 Å². The molecule has 0 saturated heterocycles. The molecule has 5 heteroatoms. The maximum Gasteiger partial charge on any atom is 0.265 e. The van der Waals surface area contributed by atoms with E-state index >= 15 is 0 Å². The fraction of sp³-hybridized carbons (Fsp3) is 0.429. The summed E-state index contributed by atoms with van der Waals surface area (Å²) in [6.45, 7) is 0.342. The van der Waals surface area contributed by atoms with Gasteiger partial charge in [-0.2, -0.15) is 0 Å². The molecule has 0 aliphatic rings. The Morgan fingerprint density at radius 1 is 1.42 bits per heavy atom. The van der Waals surface area contributed by atoms with Crippen molar-refractivity contribution < 1.29 is 5.11 Å². The van der Waals surface area contributed by atoms with Gasteiger partial charge in [-0.05, 0) is 6.42 Å². The molecule has 5 nitrogen and oxygen atoms in total. The van der Waals surface area contributed by atoms with Crippen LogP contribution in [-0.4, -0.2) is 21.5 Å². The topological polar surface area (TPSA) is 75.1 Å². The highest BCUT2D eigenvalue weighted by molar-refractivity contribution is 4.85. The van der Waals surface area contributed by atoms with Crippen LogP contribution in [0.1, 0.15) is 6.42 Å². The predicted octanol–water partition coefficient (Wildman–Crippen LogP) is -1.08. The van der Waals surface area contributed by atoms with Crippen LogP contribution in [0.2, 0.25) is 0 Å². The first kappa shape index (κ1) is 8.73. The first-order valence-corrected chi connectivity index (χ1v) is 3.65. The molecule has 0 radical (unpaired) electrons. The van der Waals surface area contributed by atoms with E-state index in [1.165, 1.54) is 16.8 Å². The number of nitrogens with one attached hydrogen (secondary N) is 1. The Balaban J connectivity index is 2.90. The third-order valence-electron chi connectivity index (χ3n) is 1.43. The molecule has 0 saturated carbocycles. The van der Waals surface area contributed by atoms with Crippen LogP contribution in [0.25, 0.3) is 0 Å². The Morgan fingerprint density at radius 2 is 2.17 bits per heavy atom. The van der Waals surface area contributed by atoms with Gasteiger partial charge >= 0.3 is 0 Å². The summed E-state index contributed by atoms with van der Waals surface area (Å²) >= 11 is 0. The van der Waals surface area contributed by atoms with Crippen LogP contribution in [0.3, 0.4) is 0 Å². The van der Waals surface area contributed by atoms with Crippen molar-refractivity contribution in [1.29, 1.82) is 0 Å². The Hall–Kier alpha value is -1.36. The van der Waals surface area contributed by atoms with Gasteiger partial charge in [-0.25, -0.2) is 0 Å². The van der Waals surface area contributed by atoms with Gasteiger partial charge in [0.25, 0.3) is 11.1 Å². The molecule has 0 spiro atoms. The number of hydrogen-bond donors (Lipinski definition) is 2. The third kappa shape index (κ3) is 2.06. The van der Waals surface area contributed by atoms with E-state index < -0.39 is 0 Å². The molecule has 1 heterocycles. The summed E-state index contributed by atoms with van der Waals surface area (Å²) in [7, 11) is 0. The lowest BCUT2D eigenvalue weighted by atomic mass is 10.4. The number of H-pyrrole nitrogens is 1. The van der Waals surface area contributed by atoms with Crippen LogP contribution in [0.15, 0.2) is 21.7 Å². The molecule has 0 bridgehead atoms. The van der Waals surface area contributed by atoms with Crippen LogP contribution in [-0.2, 0) is 6.54 Å². The number of aromatic amines is 1. The Kier molecular flexibility index (Phi) is 2.82. The highest BCUT2D eigenvalue weighted by Gasteiger charge is 1.94. The lowest BCUT2D eigenvalue weighted by Crippen LogP contribution is -2.28. The molecular weight excluding hydrogens is 160 g/mol. The van der Waals surface area contributed by atoms with Crippen molar-refractivity contribution in [3.05, 3.63) is 32.8 Å². The first-order valence-electron chi connectivity index (χ1n) is 3.65. The van der Waals surface area contributed by atoms with E-state index in [0.717, 1.165) is 0 Å². The van der Waals surface area contributed by atoms with Gasteiger partial charge in [-0.1, -0.05) is 0 Å². The number of aryl methyl sites for hydroxylation is 1. The molecule has 0 unspecified atom stereocenters. The number of nitrogens with zero attached hydrogens (tertiary/aromatic N) is 1. The first-order chi connectivity index (χ1) is 5.74. The van der Waals surface area contributed by atoms with Gasteiger partial charge in [-0.15, -0.1) is 0 Å². The maximum absolute atomic E-state index is 11.0. The van der Waals surface area contributed by atoms with E-state index in [2.05, 4.69) is 5.10 Å². The van der Waals surface area contributed by atoms with Crippen molar-refractivity contribution in [2.75, 3.05) is 6.61 Å². The molecule has 2 N–H and O–H groups in total. The van der Waals surface area contributed by atoms with Crippen LogP contribution in [0.4, 0.5) is 0 Å².